The molecule has 0 saturated carbocycles. The summed E-state index contributed by atoms with van der Waals surface area (Å²) in [6.45, 7) is 0. The Balaban J connectivity index is 1.53. The summed E-state index contributed by atoms with van der Waals surface area (Å²) in [4.78, 5) is 16.4. The second-order valence-corrected chi connectivity index (χ2v) is 11.1. The third-order valence-electron chi connectivity index (χ3n) is 6.48. The van der Waals surface area contributed by atoms with Crippen molar-refractivity contribution in [3.05, 3.63) is 139 Å². The lowest BCUT2D eigenvalue weighted by Crippen LogP contribution is -2.30. The second kappa shape index (κ2) is 11.1. The van der Waals surface area contributed by atoms with Crippen LogP contribution in [0.1, 0.15) is 4.88 Å². The molecule has 0 aliphatic heterocycles. The van der Waals surface area contributed by atoms with Gasteiger partial charge in [0.1, 0.15) is 27.6 Å². The maximum Gasteiger partial charge on any atom is 0.273 e. The molecule has 0 spiro atoms. The van der Waals surface area contributed by atoms with Gasteiger partial charge in [0, 0.05) is 21.3 Å². The van der Waals surface area contributed by atoms with Gasteiger partial charge in [0.25, 0.3) is 5.56 Å². The first kappa shape index (κ1) is 26.0. The minimum atomic E-state index is -0.307. The van der Waals surface area contributed by atoms with Crippen LogP contribution in [-0.2, 0) is 0 Å². The number of halogens is 1. The van der Waals surface area contributed by atoms with Gasteiger partial charge in [-0.05, 0) is 54.6 Å². The zero-order valence-corrected chi connectivity index (χ0v) is 23.0. The predicted octanol–water partition coefficient (Wildman–Crippen LogP) is 6.75. The fraction of sp³-hybridized carbons (Fsp3) is 0. The van der Waals surface area contributed by atoms with Crippen molar-refractivity contribution in [2.45, 2.75) is 0 Å². The molecule has 0 aliphatic carbocycles. The van der Waals surface area contributed by atoms with Crippen molar-refractivity contribution in [1.29, 1.82) is 10.5 Å². The van der Waals surface area contributed by atoms with Crippen LogP contribution in [0.3, 0.4) is 0 Å². The minimum absolute atomic E-state index is 0.124. The van der Waals surface area contributed by atoms with Gasteiger partial charge >= 0.3 is 0 Å². The topological polar surface area (TPSA) is 72.8 Å². The molecule has 2 aromatic heterocycles. The molecule has 0 amide bonds. The second-order valence-electron chi connectivity index (χ2n) is 8.95. The van der Waals surface area contributed by atoms with Crippen LogP contribution in [0.25, 0.3) is 28.1 Å². The average Bonchev–Trinajstić information content (AvgIpc) is 3.60. The molecule has 0 unspecified atom stereocenters. The number of thiophene rings is 1. The summed E-state index contributed by atoms with van der Waals surface area (Å²) >= 11 is 2.59. The first-order valence-corrected chi connectivity index (χ1v) is 14.2. The zero-order valence-electron chi connectivity index (χ0n) is 21.4. The van der Waals surface area contributed by atoms with E-state index in [9.17, 15) is 19.7 Å². The summed E-state index contributed by atoms with van der Waals surface area (Å²) in [6.07, 6.45) is 1.78. The summed E-state index contributed by atoms with van der Waals surface area (Å²) in [5.41, 5.74) is 1.88. The Bertz CT molecular complexity index is 2150. The summed E-state index contributed by atoms with van der Waals surface area (Å²) in [5.74, 6) is -0.285. The standard InChI is InChI=1S/C33H19FN4OS2/c34-28-16-17-29(27-14-8-7-13-26(27)28)37(23-9-3-1-4-10-23)31-18-15-25(40-31)19-30-32(39)38(24-11-5-2-6-12-24)33(41-30)22(20-35)21-36/h1-19H/b30-19-. The van der Waals surface area contributed by atoms with Crippen LogP contribution in [0, 0.1) is 28.5 Å². The maximum absolute atomic E-state index is 14.7. The Morgan fingerprint density at radius 1 is 0.780 bits per heavy atom. The zero-order chi connectivity index (χ0) is 28.3. The van der Waals surface area contributed by atoms with Crippen LogP contribution in [0.4, 0.5) is 20.8 Å². The molecule has 0 N–H and O–H groups in total. The molecule has 2 heterocycles. The van der Waals surface area contributed by atoms with Gasteiger partial charge in [0.2, 0.25) is 0 Å². The van der Waals surface area contributed by atoms with Gasteiger partial charge in [-0.2, -0.15) is 10.5 Å². The third kappa shape index (κ3) is 4.83. The molecule has 0 radical (unpaired) electrons. The Labute approximate surface area is 242 Å². The maximum atomic E-state index is 14.7. The van der Waals surface area contributed by atoms with Crippen molar-refractivity contribution in [3.8, 4) is 17.8 Å². The highest BCUT2D eigenvalue weighted by molar-refractivity contribution is 7.17. The first-order chi connectivity index (χ1) is 20.1. The van der Waals surface area contributed by atoms with Gasteiger partial charge in [0.15, 0.2) is 5.57 Å². The largest absolute Gasteiger partial charge is 0.301 e. The van der Waals surface area contributed by atoms with Gasteiger partial charge in [-0.25, -0.2) is 4.39 Å². The van der Waals surface area contributed by atoms with E-state index in [1.807, 2.05) is 78.9 Å². The predicted molar refractivity (Wildman–Crippen MR) is 164 cm³/mol. The lowest BCUT2D eigenvalue weighted by Gasteiger charge is -2.25. The number of nitriles is 2. The SMILES string of the molecule is N#CC(C#N)=c1s/c(=C\c2ccc(N(c3ccccc3)c3ccc(F)c4ccccc34)s2)c(=O)n1-c1ccccc1. The number of aromatic nitrogens is 1. The number of nitrogens with zero attached hydrogens (tertiary/aromatic N) is 4. The van der Waals surface area contributed by atoms with Crippen molar-refractivity contribution in [2.24, 2.45) is 0 Å². The molecule has 0 bridgehead atoms. The van der Waals surface area contributed by atoms with Gasteiger partial charge in [-0.1, -0.05) is 60.7 Å². The van der Waals surface area contributed by atoms with Crippen molar-refractivity contribution in [1.82, 2.24) is 4.57 Å². The molecule has 6 aromatic rings. The summed E-state index contributed by atoms with van der Waals surface area (Å²) < 4.78 is 16.8. The molecule has 0 saturated heterocycles. The van der Waals surface area contributed by atoms with Crippen molar-refractivity contribution in [2.75, 3.05) is 4.90 Å². The molecule has 196 valence electrons. The highest BCUT2D eigenvalue weighted by Crippen LogP contribution is 2.42. The summed E-state index contributed by atoms with van der Waals surface area (Å²) in [5, 5.41) is 21.3. The molecule has 0 atom stereocenters. The smallest absolute Gasteiger partial charge is 0.273 e. The summed E-state index contributed by atoms with van der Waals surface area (Å²) in [6, 6.07) is 37.2. The van der Waals surface area contributed by atoms with Crippen LogP contribution >= 0.6 is 22.7 Å². The van der Waals surface area contributed by atoms with Crippen molar-refractivity contribution >= 4 is 61.5 Å². The molecule has 8 heteroatoms. The quantitative estimate of drug-likeness (QED) is 0.230. The number of benzene rings is 4. The van der Waals surface area contributed by atoms with Gasteiger partial charge in [-0.15, -0.1) is 22.7 Å². The van der Waals surface area contributed by atoms with Gasteiger partial charge in [-0.3, -0.25) is 9.36 Å². The number of thiazole rings is 1. The Kier molecular flexibility index (Phi) is 7.01. The lowest BCUT2D eigenvalue weighted by atomic mass is 10.1. The number of anilines is 3. The summed E-state index contributed by atoms with van der Waals surface area (Å²) in [7, 11) is 0. The highest BCUT2D eigenvalue weighted by Gasteiger charge is 2.18. The number of fused-ring (bicyclic) bond motifs is 1. The third-order valence-corrected chi connectivity index (χ3v) is 8.59. The van der Waals surface area contributed by atoms with Crippen LogP contribution in [-0.4, -0.2) is 4.57 Å². The normalized spacial score (nSPS) is 11.2. The van der Waals surface area contributed by atoms with E-state index in [2.05, 4.69) is 4.90 Å². The van der Waals surface area contributed by atoms with Gasteiger partial charge in [0.05, 0.1) is 15.9 Å². The number of rotatable bonds is 5. The monoisotopic (exact) mass is 570 g/mol. The Hall–Kier alpha value is -5.28. The molecule has 5 nitrogen and oxygen atoms in total. The van der Waals surface area contributed by atoms with Crippen LogP contribution in [0.2, 0.25) is 0 Å². The van der Waals surface area contributed by atoms with E-state index in [-0.39, 0.29) is 21.6 Å². The average molecular weight is 571 g/mol. The number of hydrogen-bond donors (Lipinski definition) is 0. The molecule has 41 heavy (non-hydrogen) atoms. The van der Waals surface area contributed by atoms with E-state index >= 15 is 0 Å². The first-order valence-electron chi connectivity index (χ1n) is 12.5. The van der Waals surface area contributed by atoms with Crippen molar-refractivity contribution in [3.63, 3.8) is 0 Å². The lowest BCUT2D eigenvalue weighted by molar-refractivity contribution is 0.640. The number of hydrogen-bond acceptors (Lipinski definition) is 6. The minimum Gasteiger partial charge on any atom is -0.301 e. The van der Waals surface area contributed by atoms with E-state index in [0.717, 1.165) is 38.0 Å². The van der Waals surface area contributed by atoms with Crippen LogP contribution in [0.5, 0.6) is 0 Å². The molecule has 0 aliphatic rings. The van der Waals surface area contributed by atoms with E-state index < -0.39 is 0 Å². The highest BCUT2D eigenvalue weighted by atomic mass is 32.1. The molecular weight excluding hydrogens is 552 g/mol. The molecule has 4 aromatic carbocycles. The van der Waals surface area contributed by atoms with Crippen LogP contribution in [0.15, 0.2) is 114 Å². The molecular formula is C33H19FN4OS2. The Morgan fingerprint density at radius 3 is 2.15 bits per heavy atom. The molecule has 0 fully saturated rings. The van der Waals surface area contributed by atoms with E-state index in [0.29, 0.717) is 15.6 Å². The van der Waals surface area contributed by atoms with E-state index in [4.69, 9.17) is 0 Å². The van der Waals surface area contributed by atoms with Crippen LogP contribution < -0.4 is 19.7 Å². The molecule has 6 rings (SSSR count). The van der Waals surface area contributed by atoms with E-state index in [1.54, 1.807) is 42.5 Å². The van der Waals surface area contributed by atoms with Crippen molar-refractivity contribution < 1.29 is 4.39 Å². The Morgan fingerprint density at radius 2 is 1.44 bits per heavy atom. The number of para-hydroxylation sites is 2. The fourth-order valence-corrected chi connectivity index (χ4v) is 6.76. The van der Waals surface area contributed by atoms with E-state index in [1.165, 1.54) is 22.0 Å². The fourth-order valence-electron chi connectivity index (χ4n) is 4.65. The van der Waals surface area contributed by atoms with Gasteiger partial charge < -0.3 is 4.90 Å².